The SMILES string of the molecule is Cc1cc(/C=C/C(=O)Nc2ccccc2C(=O)O)ccc1OC(C)(C)C. The molecule has 1 amide bonds. The van der Waals surface area contributed by atoms with E-state index in [-0.39, 0.29) is 16.9 Å². The standard InChI is InChI=1S/C21H23NO4/c1-14-13-15(9-11-18(14)26-21(2,3)4)10-12-19(23)22-17-8-6-5-7-16(17)20(24)25/h5-13H,1-4H3,(H,22,23)(H,24,25)/b12-10+. The Labute approximate surface area is 153 Å². The Bertz CT molecular complexity index is 847. The number of carbonyl (C=O) groups excluding carboxylic acids is 1. The lowest BCUT2D eigenvalue weighted by molar-refractivity contribution is -0.111. The highest BCUT2D eigenvalue weighted by Crippen LogP contribution is 2.24. The van der Waals surface area contributed by atoms with Gasteiger partial charge in [0.05, 0.1) is 11.3 Å². The highest BCUT2D eigenvalue weighted by atomic mass is 16.5. The average Bonchev–Trinajstić information content (AvgIpc) is 2.54. The molecule has 136 valence electrons. The number of carbonyl (C=O) groups is 2. The van der Waals surface area contributed by atoms with Crippen LogP contribution in [-0.4, -0.2) is 22.6 Å². The first-order valence-electron chi connectivity index (χ1n) is 8.27. The molecule has 5 nitrogen and oxygen atoms in total. The van der Waals surface area contributed by atoms with Crippen LogP contribution < -0.4 is 10.1 Å². The van der Waals surface area contributed by atoms with Crippen molar-refractivity contribution < 1.29 is 19.4 Å². The number of rotatable bonds is 5. The second kappa shape index (κ2) is 7.87. The number of para-hydroxylation sites is 1. The van der Waals surface area contributed by atoms with E-state index in [4.69, 9.17) is 9.84 Å². The molecule has 0 spiro atoms. The summed E-state index contributed by atoms with van der Waals surface area (Å²) in [6.07, 6.45) is 3.05. The highest BCUT2D eigenvalue weighted by Gasteiger charge is 2.13. The third-order valence-electron chi connectivity index (χ3n) is 3.46. The number of aryl methyl sites for hydroxylation is 1. The van der Waals surface area contributed by atoms with Crippen LogP contribution >= 0.6 is 0 Å². The molecule has 5 heteroatoms. The Morgan fingerprint density at radius 1 is 1.12 bits per heavy atom. The predicted octanol–water partition coefficient (Wildman–Crippen LogP) is 4.52. The van der Waals surface area contributed by atoms with Crippen LogP contribution in [0.5, 0.6) is 5.75 Å². The third-order valence-corrected chi connectivity index (χ3v) is 3.46. The van der Waals surface area contributed by atoms with Gasteiger partial charge in [0.15, 0.2) is 0 Å². The van der Waals surface area contributed by atoms with Gasteiger partial charge >= 0.3 is 5.97 Å². The number of anilines is 1. The first kappa shape index (κ1) is 19.2. The third kappa shape index (κ3) is 5.48. The summed E-state index contributed by atoms with van der Waals surface area (Å²) in [5.74, 6) is -0.684. The van der Waals surface area contributed by atoms with E-state index in [1.807, 2.05) is 45.9 Å². The van der Waals surface area contributed by atoms with Crippen LogP contribution in [0.1, 0.15) is 42.3 Å². The smallest absolute Gasteiger partial charge is 0.337 e. The van der Waals surface area contributed by atoms with Crippen LogP contribution in [0.4, 0.5) is 5.69 Å². The van der Waals surface area contributed by atoms with Gasteiger partial charge in [-0.2, -0.15) is 0 Å². The normalized spacial score (nSPS) is 11.4. The van der Waals surface area contributed by atoms with Gasteiger partial charge in [0, 0.05) is 6.08 Å². The summed E-state index contributed by atoms with van der Waals surface area (Å²) in [7, 11) is 0. The maximum Gasteiger partial charge on any atom is 0.337 e. The number of hydrogen-bond donors (Lipinski definition) is 2. The minimum absolute atomic E-state index is 0.0498. The average molecular weight is 353 g/mol. The first-order chi connectivity index (χ1) is 12.2. The minimum atomic E-state index is -1.09. The number of ether oxygens (including phenoxy) is 1. The Morgan fingerprint density at radius 3 is 2.42 bits per heavy atom. The molecule has 0 saturated heterocycles. The molecule has 0 aliphatic rings. The molecule has 2 aromatic rings. The number of amides is 1. The van der Waals surface area contributed by atoms with E-state index in [1.54, 1.807) is 24.3 Å². The van der Waals surface area contributed by atoms with Crippen LogP contribution in [-0.2, 0) is 4.79 Å². The van der Waals surface area contributed by atoms with Gasteiger partial charge in [-0.05, 0) is 69.2 Å². The molecule has 0 atom stereocenters. The molecule has 2 N–H and O–H groups in total. The fraction of sp³-hybridized carbons (Fsp3) is 0.238. The van der Waals surface area contributed by atoms with Crippen molar-refractivity contribution in [1.29, 1.82) is 0 Å². The molecule has 0 aliphatic heterocycles. The molecule has 0 bridgehead atoms. The van der Waals surface area contributed by atoms with Gasteiger partial charge in [0.25, 0.3) is 0 Å². The van der Waals surface area contributed by atoms with E-state index in [0.717, 1.165) is 16.9 Å². The number of nitrogens with one attached hydrogen (secondary N) is 1. The van der Waals surface area contributed by atoms with Crippen molar-refractivity contribution >= 4 is 23.6 Å². The van der Waals surface area contributed by atoms with Crippen LogP contribution in [0.15, 0.2) is 48.5 Å². The van der Waals surface area contributed by atoms with E-state index in [1.165, 1.54) is 12.1 Å². The number of carboxylic acid groups (broad SMARTS) is 1. The lowest BCUT2D eigenvalue weighted by Gasteiger charge is -2.22. The maximum atomic E-state index is 12.1. The van der Waals surface area contributed by atoms with Crippen molar-refractivity contribution in [2.24, 2.45) is 0 Å². The monoisotopic (exact) mass is 353 g/mol. The van der Waals surface area contributed by atoms with Crippen molar-refractivity contribution in [3.63, 3.8) is 0 Å². The van der Waals surface area contributed by atoms with Crippen molar-refractivity contribution in [3.8, 4) is 5.75 Å². The Balaban J connectivity index is 2.09. The summed E-state index contributed by atoms with van der Waals surface area (Å²) in [5.41, 5.74) is 1.86. The van der Waals surface area contributed by atoms with Gasteiger partial charge in [0.2, 0.25) is 5.91 Å². The second-order valence-corrected chi connectivity index (χ2v) is 6.91. The van der Waals surface area contributed by atoms with Gasteiger partial charge in [-0.3, -0.25) is 4.79 Å². The second-order valence-electron chi connectivity index (χ2n) is 6.91. The summed E-state index contributed by atoms with van der Waals surface area (Å²) in [6, 6.07) is 11.9. The summed E-state index contributed by atoms with van der Waals surface area (Å²) >= 11 is 0. The molecule has 0 aliphatic carbocycles. The van der Waals surface area contributed by atoms with Gasteiger partial charge in [0.1, 0.15) is 11.4 Å². The largest absolute Gasteiger partial charge is 0.488 e. The van der Waals surface area contributed by atoms with Crippen LogP contribution in [0.2, 0.25) is 0 Å². The van der Waals surface area contributed by atoms with Crippen molar-refractivity contribution in [2.75, 3.05) is 5.32 Å². The Hall–Kier alpha value is -3.08. The van der Waals surface area contributed by atoms with Gasteiger partial charge in [-0.25, -0.2) is 4.79 Å². The summed E-state index contributed by atoms with van der Waals surface area (Å²) < 4.78 is 5.87. The molecule has 0 saturated carbocycles. The highest BCUT2D eigenvalue weighted by molar-refractivity contribution is 6.06. The van der Waals surface area contributed by atoms with Crippen molar-refractivity contribution in [1.82, 2.24) is 0 Å². The number of aromatic carboxylic acids is 1. The number of carboxylic acids is 1. The Kier molecular flexibility index (Phi) is 5.82. The molecule has 26 heavy (non-hydrogen) atoms. The van der Waals surface area contributed by atoms with Crippen LogP contribution in [0.3, 0.4) is 0 Å². The summed E-state index contributed by atoms with van der Waals surface area (Å²) in [4.78, 5) is 23.3. The van der Waals surface area contributed by atoms with Gasteiger partial charge in [-0.15, -0.1) is 0 Å². The molecule has 0 heterocycles. The molecule has 0 unspecified atom stereocenters. The van der Waals surface area contributed by atoms with E-state index in [2.05, 4.69) is 5.32 Å². The van der Waals surface area contributed by atoms with E-state index >= 15 is 0 Å². The number of hydrogen-bond acceptors (Lipinski definition) is 3. The zero-order valence-corrected chi connectivity index (χ0v) is 15.4. The zero-order valence-electron chi connectivity index (χ0n) is 15.4. The molecular weight excluding hydrogens is 330 g/mol. The lowest BCUT2D eigenvalue weighted by atomic mass is 10.1. The zero-order chi connectivity index (χ0) is 19.3. The molecule has 2 aromatic carbocycles. The van der Waals surface area contributed by atoms with Crippen LogP contribution in [0.25, 0.3) is 6.08 Å². The fourth-order valence-corrected chi connectivity index (χ4v) is 2.35. The van der Waals surface area contributed by atoms with Gasteiger partial charge < -0.3 is 15.2 Å². The molecule has 0 fully saturated rings. The summed E-state index contributed by atoms with van der Waals surface area (Å²) in [6.45, 7) is 7.90. The topological polar surface area (TPSA) is 75.6 Å². The first-order valence-corrected chi connectivity index (χ1v) is 8.27. The molecular formula is C21H23NO4. The van der Waals surface area contributed by atoms with E-state index < -0.39 is 11.9 Å². The van der Waals surface area contributed by atoms with Crippen molar-refractivity contribution in [2.45, 2.75) is 33.3 Å². The number of benzene rings is 2. The quantitative estimate of drug-likeness (QED) is 0.775. The summed E-state index contributed by atoms with van der Waals surface area (Å²) in [5, 5.41) is 11.7. The van der Waals surface area contributed by atoms with Crippen molar-refractivity contribution in [3.05, 3.63) is 65.2 Å². The van der Waals surface area contributed by atoms with E-state index in [0.29, 0.717) is 0 Å². The Morgan fingerprint density at radius 2 is 1.81 bits per heavy atom. The lowest BCUT2D eigenvalue weighted by Crippen LogP contribution is -2.23. The maximum absolute atomic E-state index is 12.1. The van der Waals surface area contributed by atoms with Crippen LogP contribution in [0, 0.1) is 6.92 Å². The molecule has 0 radical (unpaired) electrons. The predicted molar refractivity (Wildman–Crippen MR) is 103 cm³/mol. The minimum Gasteiger partial charge on any atom is -0.488 e. The van der Waals surface area contributed by atoms with E-state index in [9.17, 15) is 9.59 Å². The fourth-order valence-electron chi connectivity index (χ4n) is 2.35. The molecule has 0 aromatic heterocycles. The molecule has 2 rings (SSSR count). The van der Waals surface area contributed by atoms with Gasteiger partial charge in [-0.1, -0.05) is 18.2 Å².